The van der Waals surface area contributed by atoms with E-state index >= 15 is 4.39 Å². The van der Waals surface area contributed by atoms with Crippen molar-refractivity contribution in [3.05, 3.63) is 83.9 Å². The van der Waals surface area contributed by atoms with Crippen molar-refractivity contribution in [1.29, 1.82) is 0 Å². The van der Waals surface area contributed by atoms with Gasteiger partial charge in [-0.2, -0.15) is 0 Å². The van der Waals surface area contributed by atoms with E-state index < -0.39 is 0 Å². The summed E-state index contributed by atoms with van der Waals surface area (Å²) in [4.78, 5) is 4.59. The normalized spacial score (nSPS) is 11.0. The predicted octanol–water partition coefficient (Wildman–Crippen LogP) is 6.59. The van der Waals surface area contributed by atoms with Crippen LogP contribution in [-0.2, 0) is 0 Å². The van der Waals surface area contributed by atoms with Crippen molar-refractivity contribution in [1.82, 2.24) is 4.98 Å². The maximum atomic E-state index is 15.0. The lowest BCUT2D eigenvalue weighted by molar-refractivity contribution is 0.629. The van der Waals surface area contributed by atoms with E-state index in [0.29, 0.717) is 22.3 Å². The van der Waals surface area contributed by atoms with E-state index in [1.807, 2.05) is 50.2 Å². The molecule has 140 valence electrons. The van der Waals surface area contributed by atoms with Crippen LogP contribution in [0.15, 0.2) is 66.7 Å². The maximum Gasteiger partial charge on any atom is 0.131 e. The molecule has 1 N–H and O–H groups in total. The highest BCUT2D eigenvalue weighted by atomic mass is 19.1. The quantitative estimate of drug-likeness (QED) is 0.436. The van der Waals surface area contributed by atoms with Gasteiger partial charge in [-0.3, -0.25) is 0 Å². The second-order valence-electron chi connectivity index (χ2n) is 6.76. The number of fused-ring (bicyclic) bond motifs is 1. The zero-order valence-corrected chi connectivity index (χ0v) is 15.8. The van der Waals surface area contributed by atoms with Gasteiger partial charge in [-0.15, -0.1) is 0 Å². The molecule has 0 atom stereocenters. The topological polar surface area (TPSA) is 24.9 Å². The third-order valence-electron chi connectivity index (χ3n) is 4.83. The standard InChI is InChI=1S/C24H20F2N2/c1-3-27-22-7-5-4-6-19(22)18-10-8-16(13-21(18)26)24-12-15(2)20-14-17(25)9-11-23(20)28-24/h4-14,27H,3H2,1-2H3. The van der Waals surface area contributed by atoms with Crippen LogP contribution in [-0.4, -0.2) is 11.5 Å². The number of nitrogens with one attached hydrogen (secondary N) is 1. The van der Waals surface area contributed by atoms with Gasteiger partial charge in [0, 0.05) is 34.3 Å². The largest absolute Gasteiger partial charge is 0.385 e. The van der Waals surface area contributed by atoms with Crippen molar-refractivity contribution >= 4 is 16.6 Å². The summed E-state index contributed by atoms with van der Waals surface area (Å²) in [5, 5.41) is 4.03. The Bertz CT molecular complexity index is 1170. The van der Waals surface area contributed by atoms with Crippen LogP contribution in [0.3, 0.4) is 0 Å². The first-order chi connectivity index (χ1) is 13.6. The number of hydrogen-bond donors (Lipinski definition) is 1. The maximum absolute atomic E-state index is 15.0. The van der Waals surface area contributed by atoms with E-state index in [4.69, 9.17) is 0 Å². The van der Waals surface area contributed by atoms with Crippen LogP contribution < -0.4 is 5.32 Å². The average molecular weight is 374 g/mol. The fourth-order valence-corrected chi connectivity index (χ4v) is 3.47. The summed E-state index contributed by atoms with van der Waals surface area (Å²) in [7, 11) is 0. The van der Waals surface area contributed by atoms with Gasteiger partial charge in [0.2, 0.25) is 0 Å². The molecule has 0 radical (unpaired) electrons. The minimum absolute atomic E-state index is 0.292. The summed E-state index contributed by atoms with van der Waals surface area (Å²) >= 11 is 0. The van der Waals surface area contributed by atoms with Crippen LogP contribution in [0, 0.1) is 18.6 Å². The minimum atomic E-state index is -0.304. The Hall–Kier alpha value is -3.27. The molecule has 0 saturated carbocycles. The van der Waals surface area contributed by atoms with Crippen molar-refractivity contribution in [3.8, 4) is 22.4 Å². The molecule has 28 heavy (non-hydrogen) atoms. The van der Waals surface area contributed by atoms with Gasteiger partial charge in [0.05, 0.1) is 11.2 Å². The smallest absolute Gasteiger partial charge is 0.131 e. The van der Waals surface area contributed by atoms with Gasteiger partial charge < -0.3 is 5.32 Å². The number of rotatable bonds is 4. The molecule has 3 aromatic carbocycles. The van der Waals surface area contributed by atoms with Crippen LogP contribution in [0.1, 0.15) is 12.5 Å². The van der Waals surface area contributed by atoms with Crippen LogP contribution in [0.25, 0.3) is 33.3 Å². The molecule has 0 amide bonds. The first-order valence-electron chi connectivity index (χ1n) is 9.27. The minimum Gasteiger partial charge on any atom is -0.385 e. The lowest BCUT2D eigenvalue weighted by Crippen LogP contribution is -1.99. The van der Waals surface area contributed by atoms with Gasteiger partial charge in [-0.05, 0) is 55.8 Å². The number of para-hydroxylation sites is 1. The summed E-state index contributed by atoms with van der Waals surface area (Å²) < 4.78 is 28.5. The zero-order valence-electron chi connectivity index (χ0n) is 15.8. The highest BCUT2D eigenvalue weighted by molar-refractivity contribution is 5.85. The second kappa shape index (κ2) is 7.39. The Labute approximate surface area is 162 Å². The molecule has 0 aliphatic rings. The Kier molecular flexibility index (Phi) is 4.78. The number of pyridine rings is 1. The number of halogens is 2. The van der Waals surface area contributed by atoms with Crippen LogP contribution in [0.5, 0.6) is 0 Å². The molecule has 0 unspecified atom stereocenters. The molecule has 4 aromatic rings. The van der Waals surface area contributed by atoms with Gasteiger partial charge in [-0.25, -0.2) is 13.8 Å². The van der Waals surface area contributed by atoms with E-state index in [1.165, 1.54) is 18.2 Å². The molecule has 0 fully saturated rings. The van der Waals surface area contributed by atoms with E-state index in [0.717, 1.165) is 28.7 Å². The van der Waals surface area contributed by atoms with Gasteiger partial charge >= 0.3 is 0 Å². The molecule has 1 aromatic heterocycles. The molecular formula is C24H20F2N2. The van der Waals surface area contributed by atoms with Gasteiger partial charge in [0.1, 0.15) is 11.6 Å². The lowest BCUT2D eigenvalue weighted by atomic mass is 9.99. The number of nitrogens with zero attached hydrogens (tertiary/aromatic N) is 1. The van der Waals surface area contributed by atoms with Crippen molar-refractivity contribution in [2.45, 2.75) is 13.8 Å². The monoisotopic (exact) mass is 374 g/mol. The van der Waals surface area contributed by atoms with Crippen molar-refractivity contribution in [2.24, 2.45) is 0 Å². The SMILES string of the molecule is CCNc1ccccc1-c1ccc(-c2cc(C)c3cc(F)ccc3n2)cc1F. The van der Waals surface area contributed by atoms with E-state index in [9.17, 15) is 4.39 Å². The fourth-order valence-electron chi connectivity index (χ4n) is 3.47. The first kappa shape index (κ1) is 18.1. The molecule has 0 bridgehead atoms. The Morgan fingerprint density at radius 2 is 1.71 bits per heavy atom. The number of aromatic nitrogens is 1. The summed E-state index contributed by atoms with van der Waals surface area (Å²) in [6, 6.07) is 19.2. The van der Waals surface area contributed by atoms with Crippen molar-refractivity contribution in [3.63, 3.8) is 0 Å². The number of hydrogen-bond acceptors (Lipinski definition) is 2. The summed E-state index contributed by atoms with van der Waals surface area (Å²) in [6.07, 6.45) is 0. The molecule has 0 saturated heterocycles. The molecule has 4 heteroatoms. The van der Waals surface area contributed by atoms with Gasteiger partial charge in [-0.1, -0.05) is 30.3 Å². The second-order valence-corrected chi connectivity index (χ2v) is 6.76. The Balaban J connectivity index is 1.79. The van der Waals surface area contributed by atoms with E-state index in [1.54, 1.807) is 12.1 Å². The predicted molar refractivity (Wildman–Crippen MR) is 111 cm³/mol. The summed E-state index contributed by atoms with van der Waals surface area (Å²) in [6.45, 7) is 4.68. The third kappa shape index (κ3) is 3.33. The van der Waals surface area contributed by atoms with Crippen LogP contribution in [0.2, 0.25) is 0 Å². The molecule has 1 heterocycles. The Morgan fingerprint density at radius 3 is 2.50 bits per heavy atom. The highest BCUT2D eigenvalue weighted by Gasteiger charge is 2.12. The van der Waals surface area contributed by atoms with Crippen molar-refractivity contribution < 1.29 is 8.78 Å². The van der Waals surface area contributed by atoms with E-state index in [-0.39, 0.29) is 11.6 Å². The van der Waals surface area contributed by atoms with Crippen LogP contribution in [0.4, 0.5) is 14.5 Å². The molecule has 0 aliphatic heterocycles. The number of anilines is 1. The summed E-state index contributed by atoms with van der Waals surface area (Å²) in [5.74, 6) is -0.596. The fraction of sp³-hybridized carbons (Fsp3) is 0.125. The lowest BCUT2D eigenvalue weighted by Gasteiger charge is -2.13. The molecule has 4 rings (SSSR count). The molecule has 2 nitrogen and oxygen atoms in total. The first-order valence-corrected chi connectivity index (χ1v) is 9.27. The molecule has 0 spiro atoms. The average Bonchev–Trinajstić information content (AvgIpc) is 2.69. The van der Waals surface area contributed by atoms with Crippen LogP contribution >= 0.6 is 0 Å². The zero-order chi connectivity index (χ0) is 19.7. The molecular weight excluding hydrogens is 354 g/mol. The van der Waals surface area contributed by atoms with Crippen molar-refractivity contribution in [2.75, 3.05) is 11.9 Å². The van der Waals surface area contributed by atoms with E-state index in [2.05, 4.69) is 10.3 Å². The van der Waals surface area contributed by atoms with Gasteiger partial charge in [0.25, 0.3) is 0 Å². The van der Waals surface area contributed by atoms with Gasteiger partial charge in [0.15, 0.2) is 0 Å². The third-order valence-corrected chi connectivity index (χ3v) is 4.83. The Morgan fingerprint density at radius 1 is 0.893 bits per heavy atom. The highest BCUT2D eigenvalue weighted by Crippen LogP contribution is 2.33. The number of aryl methyl sites for hydroxylation is 1. The summed E-state index contributed by atoms with van der Waals surface area (Å²) in [5.41, 5.74) is 5.23. The number of benzene rings is 3. The molecule has 0 aliphatic carbocycles.